The van der Waals surface area contributed by atoms with Crippen LogP contribution in [0.25, 0.3) is 33.7 Å². The Hall–Kier alpha value is -4.19. The van der Waals surface area contributed by atoms with E-state index in [0.717, 1.165) is 5.56 Å². The SMILES string of the molecule is Cc1ccc(-c2nc3[nH]c(C(=O)c4ccccc4)c(-c4ccccc4)c3c(=O)[nH]2)o1. The number of carbonyl (C=O) groups is 1. The van der Waals surface area contributed by atoms with Crippen molar-refractivity contribution in [1.82, 2.24) is 15.0 Å². The van der Waals surface area contributed by atoms with Crippen molar-refractivity contribution in [2.45, 2.75) is 6.92 Å². The van der Waals surface area contributed by atoms with E-state index < -0.39 is 0 Å². The first-order valence-corrected chi connectivity index (χ1v) is 9.50. The molecule has 0 unspecified atom stereocenters. The number of H-pyrrole nitrogens is 2. The van der Waals surface area contributed by atoms with E-state index in [4.69, 9.17) is 4.42 Å². The van der Waals surface area contributed by atoms with Gasteiger partial charge in [0.25, 0.3) is 5.56 Å². The van der Waals surface area contributed by atoms with Gasteiger partial charge in [-0.25, -0.2) is 4.98 Å². The zero-order valence-electron chi connectivity index (χ0n) is 16.1. The van der Waals surface area contributed by atoms with Gasteiger partial charge in [0.05, 0.1) is 11.1 Å². The molecule has 0 amide bonds. The molecule has 0 radical (unpaired) electrons. The molecule has 6 heteroatoms. The van der Waals surface area contributed by atoms with Gasteiger partial charge >= 0.3 is 0 Å². The van der Waals surface area contributed by atoms with E-state index >= 15 is 0 Å². The van der Waals surface area contributed by atoms with Crippen LogP contribution in [0.5, 0.6) is 0 Å². The first-order chi connectivity index (χ1) is 14.6. The Kier molecular flexibility index (Phi) is 4.17. The molecule has 3 heterocycles. The number of furan rings is 1. The van der Waals surface area contributed by atoms with Crippen LogP contribution in [0.15, 0.2) is 82.0 Å². The molecule has 0 spiro atoms. The van der Waals surface area contributed by atoms with Gasteiger partial charge in [0, 0.05) is 11.1 Å². The number of hydrogen-bond donors (Lipinski definition) is 2. The van der Waals surface area contributed by atoms with E-state index in [9.17, 15) is 9.59 Å². The van der Waals surface area contributed by atoms with Gasteiger partial charge in [-0.2, -0.15) is 0 Å². The van der Waals surface area contributed by atoms with Crippen LogP contribution in [0.2, 0.25) is 0 Å². The van der Waals surface area contributed by atoms with E-state index in [2.05, 4.69) is 15.0 Å². The molecule has 2 N–H and O–H groups in total. The molecule has 0 aliphatic heterocycles. The molecule has 2 aromatic carbocycles. The number of aryl methyl sites for hydroxylation is 1. The lowest BCUT2D eigenvalue weighted by Crippen LogP contribution is -2.09. The number of carbonyl (C=O) groups excluding carboxylic acids is 1. The summed E-state index contributed by atoms with van der Waals surface area (Å²) in [6, 6.07) is 21.9. The Balaban J connectivity index is 1.79. The Bertz CT molecular complexity index is 1430. The number of hydrogen-bond acceptors (Lipinski definition) is 4. The average molecular weight is 395 g/mol. The van der Waals surface area contributed by atoms with Crippen LogP contribution in [0.3, 0.4) is 0 Å². The fourth-order valence-electron chi connectivity index (χ4n) is 3.58. The summed E-state index contributed by atoms with van der Waals surface area (Å²) in [5.41, 5.74) is 2.15. The smallest absolute Gasteiger partial charge is 0.261 e. The molecule has 0 bridgehead atoms. The quantitative estimate of drug-likeness (QED) is 0.431. The van der Waals surface area contributed by atoms with Crippen molar-refractivity contribution < 1.29 is 9.21 Å². The van der Waals surface area contributed by atoms with Gasteiger partial charge in [-0.1, -0.05) is 60.7 Å². The number of fused-ring (bicyclic) bond motifs is 1. The lowest BCUT2D eigenvalue weighted by atomic mass is 9.98. The summed E-state index contributed by atoms with van der Waals surface area (Å²) in [5, 5.41) is 0.340. The Morgan fingerprint density at radius 3 is 2.27 bits per heavy atom. The normalized spacial score (nSPS) is 11.1. The Morgan fingerprint density at radius 2 is 1.60 bits per heavy atom. The summed E-state index contributed by atoms with van der Waals surface area (Å²) in [6.07, 6.45) is 0. The summed E-state index contributed by atoms with van der Waals surface area (Å²) in [4.78, 5) is 36.8. The van der Waals surface area contributed by atoms with Gasteiger partial charge in [0.15, 0.2) is 11.6 Å². The Morgan fingerprint density at radius 1 is 0.900 bits per heavy atom. The lowest BCUT2D eigenvalue weighted by molar-refractivity contribution is 0.103. The number of rotatable bonds is 4. The van der Waals surface area contributed by atoms with Gasteiger partial charge in [0.2, 0.25) is 5.78 Å². The second kappa shape index (κ2) is 7.00. The van der Waals surface area contributed by atoms with Crippen LogP contribution in [0.1, 0.15) is 21.8 Å². The molecule has 5 aromatic rings. The van der Waals surface area contributed by atoms with Crippen LogP contribution in [0, 0.1) is 6.92 Å². The fraction of sp³-hybridized carbons (Fsp3) is 0.0417. The maximum absolute atomic E-state index is 13.3. The van der Waals surface area contributed by atoms with Gasteiger partial charge < -0.3 is 14.4 Å². The molecule has 146 valence electrons. The highest BCUT2D eigenvalue weighted by molar-refractivity contribution is 6.16. The summed E-state index contributed by atoms with van der Waals surface area (Å²) < 4.78 is 5.60. The number of aromatic amines is 2. The van der Waals surface area contributed by atoms with E-state index in [1.807, 2.05) is 43.3 Å². The molecular formula is C24H17N3O3. The maximum Gasteiger partial charge on any atom is 0.261 e. The first-order valence-electron chi connectivity index (χ1n) is 9.50. The fourth-order valence-corrected chi connectivity index (χ4v) is 3.58. The van der Waals surface area contributed by atoms with Gasteiger partial charge in [-0.05, 0) is 24.6 Å². The number of benzene rings is 2. The summed E-state index contributed by atoms with van der Waals surface area (Å²) in [5.74, 6) is 1.27. The van der Waals surface area contributed by atoms with E-state index in [1.165, 1.54) is 0 Å². The third kappa shape index (κ3) is 2.95. The van der Waals surface area contributed by atoms with Crippen molar-refractivity contribution in [2.75, 3.05) is 0 Å². The third-order valence-electron chi connectivity index (χ3n) is 4.96. The molecular weight excluding hydrogens is 378 g/mol. The second-order valence-electron chi connectivity index (χ2n) is 6.98. The van der Waals surface area contributed by atoms with Gasteiger partial charge in [0.1, 0.15) is 11.4 Å². The molecule has 5 rings (SSSR count). The minimum atomic E-state index is -0.341. The minimum Gasteiger partial charge on any atom is -0.458 e. The van der Waals surface area contributed by atoms with Crippen LogP contribution in [-0.2, 0) is 0 Å². The second-order valence-corrected chi connectivity index (χ2v) is 6.98. The molecule has 0 aliphatic carbocycles. The van der Waals surface area contributed by atoms with Crippen molar-refractivity contribution in [2.24, 2.45) is 0 Å². The van der Waals surface area contributed by atoms with E-state index in [0.29, 0.717) is 45.2 Å². The standard InChI is InChI=1S/C24H17N3O3/c1-14-12-13-17(30-14)22-26-23-19(24(29)27-22)18(15-8-4-2-5-9-15)20(25-23)21(28)16-10-6-3-7-11-16/h2-13H,1H3,(H2,25,26,27,29). The molecule has 30 heavy (non-hydrogen) atoms. The van der Waals surface area contributed by atoms with Crippen LogP contribution >= 0.6 is 0 Å². The maximum atomic E-state index is 13.3. The van der Waals surface area contributed by atoms with Crippen molar-refractivity contribution >= 4 is 16.8 Å². The molecule has 0 aliphatic rings. The molecule has 0 atom stereocenters. The predicted octanol–water partition coefficient (Wildman–Crippen LogP) is 4.72. The molecule has 3 aromatic heterocycles. The predicted molar refractivity (Wildman–Crippen MR) is 114 cm³/mol. The monoisotopic (exact) mass is 395 g/mol. The molecule has 6 nitrogen and oxygen atoms in total. The zero-order valence-corrected chi connectivity index (χ0v) is 16.1. The first kappa shape index (κ1) is 17.9. The van der Waals surface area contributed by atoms with Crippen molar-refractivity contribution in [3.8, 4) is 22.7 Å². The number of ketones is 1. The highest BCUT2D eigenvalue weighted by Crippen LogP contribution is 2.32. The highest BCUT2D eigenvalue weighted by Gasteiger charge is 2.24. The summed E-state index contributed by atoms with van der Waals surface area (Å²) in [6.45, 7) is 1.82. The minimum absolute atomic E-state index is 0.206. The summed E-state index contributed by atoms with van der Waals surface area (Å²) >= 11 is 0. The average Bonchev–Trinajstić information content (AvgIpc) is 3.38. The lowest BCUT2D eigenvalue weighted by Gasteiger charge is -2.04. The highest BCUT2D eigenvalue weighted by atomic mass is 16.3. The Labute approximate surface area is 171 Å². The third-order valence-corrected chi connectivity index (χ3v) is 4.96. The van der Waals surface area contributed by atoms with Crippen LogP contribution in [-0.4, -0.2) is 20.7 Å². The van der Waals surface area contributed by atoms with Crippen molar-refractivity contribution in [3.05, 3.63) is 100 Å². The number of nitrogens with one attached hydrogen (secondary N) is 2. The van der Waals surface area contributed by atoms with Crippen LogP contribution < -0.4 is 5.56 Å². The largest absolute Gasteiger partial charge is 0.458 e. The number of aromatic nitrogens is 3. The summed E-state index contributed by atoms with van der Waals surface area (Å²) in [7, 11) is 0. The number of nitrogens with zero attached hydrogens (tertiary/aromatic N) is 1. The van der Waals surface area contributed by atoms with E-state index in [-0.39, 0.29) is 11.3 Å². The van der Waals surface area contributed by atoms with Crippen LogP contribution in [0.4, 0.5) is 0 Å². The van der Waals surface area contributed by atoms with E-state index in [1.54, 1.807) is 36.4 Å². The molecule has 0 saturated carbocycles. The van der Waals surface area contributed by atoms with Gasteiger partial charge in [-0.15, -0.1) is 0 Å². The topological polar surface area (TPSA) is 91.8 Å². The molecule has 0 saturated heterocycles. The van der Waals surface area contributed by atoms with Crippen molar-refractivity contribution in [3.63, 3.8) is 0 Å². The molecule has 0 fully saturated rings. The zero-order chi connectivity index (χ0) is 20.7. The van der Waals surface area contributed by atoms with Crippen molar-refractivity contribution in [1.29, 1.82) is 0 Å². The van der Waals surface area contributed by atoms with Gasteiger partial charge in [-0.3, -0.25) is 9.59 Å².